The van der Waals surface area contributed by atoms with Crippen molar-refractivity contribution < 1.29 is 27.7 Å². The number of anilines is 3. The number of nitrogens with one attached hydrogen (secondary N) is 1. The van der Waals surface area contributed by atoms with Crippen LogP contribution in [0.25, 0.3) is 0 Å². The Labute approximate surface area is 244 Å². The molecule has 4 heterocycles. The van der Waals surface area contributed by atoms with Crippen LogP contribution in [0.4, 0.5) is 26.1 Å². The van der Waals surface area contributed by atoms with Crippen LogP contribution in [0.5, 0.6) is 23.3 Å². The summed E-state index contributed by atoms with van der Waals surface area (Å²) in [5.41, 5.74) is 1.45. The van der Waals surface area contributed by atoms with Crippen molar-refractivity contribution in [1.29, 1.82) is 0 Å². The maximum atomic E-state index is 14.6. The number of piperidine rings is 1. The average molecular weight is 586 g/mol. The van der Waals surface area contributed by atoms with E-state index in [-0.39, 0.29) is 23.1 Å². The van der Waals surface area contributed by atoms with E-state index in [1.807, 2.05) is 12.1 Å². The zero-order chi connectivity index (χ0) is 29.6. The zero-order valence-electron chi connectivity index (χ0n) is 24.4. The largest absolute Gasteiger partial charge is 0.495 e. The van der Waals surface area contributed by atoms with Gasteiger partial charge in [-0.1, -0.05) is 0 Å². The highest BCUT2D eigenvalue weighted by Crippen LogP contribution is 2.34. The summed E-state index contributed by atoms with van der Waals surface area (Å²) >= 11 is 0. The number of ether oxygens (including phenoxy) is 4. The van der Waals surface area contributed by atoms with Crippen molar-refractivity contribution in [1.82, 2.24) is 24.8 Å². The molecule has 2 aliphatic rings. The lowest BCUT2D eigenvalue weighted by molar-refractivity contribution is 0.0981. The molecule has 13 heteroatoms. The number of methoxy groups -OCH3 is 3. The molecular weight excluding hydrogens is 548 g/mol. The third kappa shape index (κ3) is 6.57. The summed E-state index contributed by atoms with van der Waals surface area (Å²) in [5.74, 6) is -1.39. The molecule has 0 saturated carbocycles. The Morgan fingerprint density at radius 2 is 1.52 bits per heavy atom. The quantitative estimate of drug-likeness (QED) is 0.377. The summed E-state index contributed by atoms with van der Waals surface area (Å²) < 4.78 is 50.1. The SMILES string of the molecule is COc1cc(Nc2ncc(OCc3c(F)c(OC)nc(OC)c3F)cn2)ccc1N1CCC(N2CCN(C)CC2)CC1. The summed E-state index contributed by atoms with van der Waals surface area (Å²) in [6.45, 7) is 6.10. The van der Waals surface area contributed by atoms with Gasteiger partial charge in [0.2, 0.25) is 5.95 Å². The first-order valence-electron chi connectivity index (χ1n) is 13.9. The minimum atomic E-state index is -0.966. The minimum Gasteiger partial charge on any atom is -0.495 e. The van der Waals surface area contributed by atoms with Crippen LogP contribution < -0.4 is 29.2 Å². The number of halogens is 2. The number of likely N-dealkylation sites (N-methyl/N-ethyl adjacent to an activating group) is 1. The number of piperazine rings is 1. The molecule has 5 rings (SSSR count). The van der Waals surface area contributed by atoms with Gasteiger partial charge in [-0.05, 0) is 32.0 Å². The van der Waals surface area contributed by atoms with E-state index >= 15 is 0 Å². The van der Waals surface area contributed by atoms with Gasteiger partial charge in [0, 0.05) is 57.1 Å². The van der Waals surface area contributed by atoms with Gasteiger partial charge in [0.05, 0.1) is 45.0 Å². The van der Waals surface area contributed by atoms with E-state index in [0.29, 0.717) is 12.0 Å². The van der Waals surface area contributed by atoms with Crippen molar-refractivity contribution in [2.75, 3.05) is 77.9 Å². The second kappa shape index (κ2) is 13.3. The highest BCUT2D eigenvalue weighted by molar-refractivity contribution is 5.67. The molecule has 3 aromatic rings. The third-order valence-electron chi connectivity index (χ3n) is 7.80. The van der Waals surface area contributed by atoms with Crippen LogP contribution in [-0.2, 0) is 6.61 Å². The van der Waals surface area contributed by atoms with Crippen LogP contribution in [-0.4, -0.2) is 98.4 Å². The monoisotopic (exact) mass is 585 g/mol. The van der Waals surface area contributed by atoms with Crippen molar-refractivity contribution in [3.8, 4) is 23.3 Å². The average Bonchev–Trinajstić information content (AvgIpc) is 3.02. The Morgan fingerprint density at radius 3 is 2.12 bits per heavy atom. The van der Waals surface area contributed by atoms with E-state index in [9.17, 15) is 8.78 Å². The van der Waals surface area contributed by atoms with Crippen molar-refractivity contribution >= 4 is 17.3 Å². The number of aromatic nitrogens is 3. The van der Waals surface area contributed by atoms with Gasteiger partial charge in [-0.15, -0.1) is 0 Å². The molecule has 42 heavy (non-hydrogen) atoms. The van der Waals surface area contributed by atoms with E-state index in [2.05, 4.69) is 48.1 Å². The topological polar surface area (TPSA) is 97.3 Å². The van der Waals surface area contributed by atoms with E-state index in [4.69, 9.17) is 18.9 Å². The standard InChI is InChI=1S/C29H37F2N7O4/c1-36-11-13-37(14-12-36)20-7-9-38(10-8-20)23-6-5-19(15-24(23)39-2)34-29-32-16-21(17-33-29)42-18-22-25(30)27(40-3)35-28(41-4)26(22)31/h5-6,15-17,20H,7-14,18H2,1-4H3,(H,32,33,34). The Balaban J connectivity index is 1.18. The lowest BCUT2D eigenvalue weighted by atomic mass is 10.0. The molecule has 2 aliphatic heterocycles. The number of benzene rings is 1. The first-order valence-corrected chi connectivity index (χ1v) is 13.9. The summed E-state index contributed by atoms with van der Waals surface area (Å²) in [7, 11) is 6.32. The predicted molar refractivity (Wildman–Crippen MR) is 154 cm³/mol. The lowest BCUT2D eigenvalue weighted by Gasteiger charge is -2.42. The van der Waals surface area contributed by atoms with Gasteiger partial charge in [0.25, 0.3) is 11.8 Å². The van der Waals surface area contributed by atoms with Gasteiger partial charge in [0.15, 0.2) is 17.4 Å². The molecular formula is C29H37F2N7O4. The van der Waals surface area contributed by atoms with E-state index in [1.54, 1.807) is 7.11 Å². The zero-order valence-corrected chi connectivity index (χ0v) is 24.4. The summed E-state index contributed by atoms with van der Waals surface area (Å²) in [5, 5.41) is 3.16. The fourth-order valence-corrected chi connectivity index (χ4v) is 5.36. The fraction of sp³-hybridized carbons (Fsp3) is 0.483. The molecule has 0 amide bonds. The number of hydrogen-bond acceptors (Lipinski definition) is 11. The highest BCUT2D eigenvalue weighted by atomic mass is 19.1. The van der Waals surface area contributed by atoms with E-state index in [0.717, 1.165) is 69.2 Å². The smallest absolute Gasteiger partial charge is 0.254 e. The molecule has 1 aromatic carbocycles. The highest BCUT2D eigenvalue weighted by Gasteiger charge is 2.28. The van der Waals surface area contributed by atoms with Gasteiger partial charge < -0.3 is 34.1 Å². The van der Waals surface area contributed by atoms with Crippen LogP contribution in [0.2, 0.25) is 0 Å². The first-order chi connectivity index (χ1) is 20.4. The second-order valence-corrected chi connectivity index (χ2v) is 10.3. The Hall–Kier alpha value is -3.97. The second-order valence-electron chi connectivity index (χ2n) is 10.3. The van der Waals surface area contributed by atoms with Crippen LogP contribution in [0.1, 0.15) is 18.4 Å². The number of rotatable bonds is 10. The van der Waals surface area contributed by atoms with Gasteiger partial charge in [-0.3, -0.25) is 4.90 Å². The summed E-state index contributed by atoms with van der Waals surface area (Å²) in [6, 6.07) is 6.58. The molecule has 0 spiro atoms. The normalized spacial score (nSPS) is 16.8. The number of pyridine rings is 1. The van der Waals surface area contributed by atoms with Crippen LogP contribution >= 0.6 is 0 Å². The maximum absolute atomic E-state index is 14.6. The lowest BCUT2D eigenvalue weighted by Crippen LogP contribution is -2.52. The van der Waals surface area contributed by atoms with Gasteiger partial charge in [-0.25, -0.2) is 18.7 Å². The predicted octanol–water partition coefficient (Wildman–Crippen LogP) is 3.71. The maximum Gasteiger partial charge on any atom is 0.254 e. The van der Waals surface area contributed by atoms with E-state index in [1.165, 1.54) is 26.6 Å². The number of hydrogen-bond donors (Lipinski definition) is 1. The third-order valence-corrected chi connectivity index (χ3v) is 7.80. The van der Waals surface area contributed by atoms with Crippen molar-refractivity contribution in [3.05, 3.63) is 47.8 Å². The minimum absolute atomic E-state index is 0.224. The molecule has 2 saturated heterocycles. The van der Waals surface area contributed by atoms with Gasteiger partial charge in [-0.2, -0.15) is 4.98 Å². The summed E-state index contributed by atoms with van der Waals surface area (Å²) in [4.78, 5) is 19.6. The summed E-state index contributed by atoms with van der Waals surface area (Å²) in [6.07, 6.45) is 5.10. The Kier molecular flexibility index (Phi) is 9.38. The van der Waals surface area contributed by atoms with Crippen LogP contribution in [0.3, 0.4) is 0 Å². The molecule has 226 valence electrons. The van der Waals surface area contributed by atoms with Crippen LogP contribution in [0.15, 0.2) is 30.6 Å². The van der Waals surface area contributed by atoms with Gasteiger partial charge in [0.1, 0.15) is 12.4 Å². The Morgan fingerprint density at radius 1 is 0.881 bits per heavy atom. The number of nitrogens with zero attached hydrogens (tertiary/aromatic N) is 6. The van der Waals surface area contributed by atoms with Crippen molar-refractivity contribution in [2.24, 2.45) is 0 Å². The fourth-order valence-electron chi connectivity index (χ4n) is 5.36. The molecule has 0 atom stereocenters. The first kappa shape index (κ1) is 29.5. The van der Waals surface area contributed by atoms with Crippen molar-refractivity contribution in [3.63, 3.8) is 0 Å². The van der Waals surface area contributed by atoms with Crippen molar-refractivity contribution in [2.45, 2.75) is 25.5 Å². The molecule has 11 nitrogen and oxygen atoms in total. The molecule has 0 radical (unpaired) electrons. The molecule has 0 bridgehead atoms. The molecule has 2 fully saturated rings. The Bertz CT molecular complexity index is 1320. The van der Waals surface area contributed by atoms with Crippen LogP contribution in [0, 0.1) is 11.6 Å². The molecule has 0 aliphatic carbocycles. The molecule has 1 N–H and O–H groups in total. The molecule has 0 unspecified atom stereocenters. The van der Waals surface area contributed by atoms with Gasteiger partial charge >= 0.3 is 0 Å². The van der Waals surface area contributed by atoms with E-state index < -0.39 is 18.2 Å². The molecule has 2 aromatic heterocycles.